The van der Waals surface area contributed by atoms with Gasteiger partial charge in [-0.3, -0.25) is 10.1 Å². The summed E-state index contributed by atoms with van der Waals surface area (Å²) in [4.78, 5) is 17.8. The maximum absolute atomic E-state index is 13.1. The average Bonchev–Trinajstić information content (AvgIpc) is 2.26. The molecule has 0 atom stereocenters. The van der Waals surface area contributed by atoms with Gasteiger partial charge in [-0.2, -0.15) is 4.98 Å². The molecule has 6 nitrogen and oxygen atoms in total. The molecule has 1 heterocycles. The molecule has 1 aromatic heterocycles. The van der Waals surface area contributed by atoms with Gasteiger partial charge in [-0.25, -0.2) is 9.37 Å². The molecule has 0 radical (unpaired) electrons. The van der Waals surface area contributed by atoms with Crippen LogP contribution in [0.15, 0.2) is 24.3 Å². The zero-order valence-corrected chi connectivity index (χ0v) is 10.5. The molecule has 0 bridgehead atoms. The third-order valence-electron chi connectivity index (χ3n) is 2.30. The van der Waals surface area contributed by atoms with E-state index in [1.54, 1.807) is 6.07 Å². The first-order chi connectivity index (χ1) is 8.97. The number of nitrogens with one attached hydrogen (secondary N) is 1. The number of aromatic nitrogens is 2. The topological polar surface area (TPSA) is 81.0 Å². The Hall–Kier alpha value is -2.28. The van der Waals surface area contributed by atoms with Gasteiger partial charge in [-0.15, -0.1) is 0 Å². The fourth-order valence-electron chi connectivity index (χ4n) is 1.54. The number of nitrogens with zero attached hydrogens (tertiary/aromatic N) is 3. The van der Waals surface area contributed by atoms with Gasteiger partial charge in [0.15, 0.2) is 0 Å². The van der Waals surface area contributed by atoms with Gasteiger partial charge in [0.05, 0.1) is 4.92 Å². The van der Waals surface area contributed by atoms with Crippen LogP contribution in [0.3, 0.4) is 0 Å². The lowest BCUT2D eigenvalue weighted by Crippen LogP contribution is -2.04. The van der Waals surface area contributed by atoms with Crippen molar-refractivity contribution in [2.75, 3.05) is 5.32 Å². The van der Waals surface area contributed by atoms with Crippen LogP contribution in [0.2, 0.25) is 5.28 Å². The van der Waals surface area contributed by atoms with E-state index >= 15 is 0 Å². The predicted octanol–water partition coefficient (Wildman–Crippen LogP) is 3.23. The summed E-state index contributed by atoms with van der Waals surface area (Å²) in [6.07, 6.45) is 0. The van der Waals surface area contributed by atoms with E-state index in [9.17, 15) is 14.5 Å². The van der Waals surface area contributed by atoms with Crippen molar-refractivity contribution in [3.63, 3.8) is 0 Å². The lowest BCUT2D eigenvalue weighted by Gasteiger charge is -2.07. The molecule has 0 unspecified atom stereocenters. The van der Waals surface area contributed by atoms with Gasteiger partial charge in [0, 0.05) is 5.69 Å². The highest BCUT2D eigenvalue weighted by Crippen LogP contribution is 2.29. The number of benzene rings is 1. The average molecular weight is 283 g/mol. The van der Waals surface area contributed by atoms with Crippen molar-refractivity contribution in [3.8, 4) is 0 Å². The maximum atomic E-state index is 13.1. The smallest absolute Gasteiger partial charge is 0.332 e. The van der Waals surface area contributed by atoms with Crippen LogP contribution >= 0.6 is 11.6 Å². The molecule has 19 heavy (non-hydrogen) atoms. The van der Waals surface area contributed by atoms with Crippen LogP contribution in [0.5, 0.6) is 0 Å². The zero-order valence-electron chi connectivity index (χ0n) is 9.72. The van der Waals surface area contributed by atoms with Crippen LogP contribution in [-0.2, 0) is 0 Å². The van der Waals surface area contributed by atoms with Crippen molar-refractivity contribution >= 4 is 28.8 Å². The van der Waals surface area contributed by atoms with Crippen molar-refractivity contribution in [1.82, 2.24) is 9.97 Å². The third-order valence-corrected chi connectivity index (χ3v) is 2.47. The lowest BCUT2D eigenvalue weighted by molar-refractivity contribution is -0.385. The monoisotopic (exact) mass is 282 g/mol. The molecular weight excluding hydrogens is 275 g/mol. The Labute approximate surface area is 112 Å². The SMILES string of the molecule is Cc1nc(Cl)nc(Nc2cccc(F)c2)c1[N+](=O)[O-]. The summed E-state index contributed by atoms with van der Waals surface area (Å²) in [6, 6.07) is 5.48. The molecule has 0 aliphatic carbocycles. The lowest BCUT2D eigenvalue weighted by atomic mass is 10.3. The van der Waals surface area contributed by atoms with Crippen molar-refractivity contribution < 1.29 is 9.31 Å². The number of anilines is 2. The summed E-state index contributed by atoms with van der Waals surface area (Å²) in [7, 11) is 0. The highest BCUT2D eigenvalue weighted by Gasteiger charge is 2.21. The molecule has 0 spiro atoms. The minimum Gasteiger partial charge on any atom is -0.334 e. The fraction of sp³-hybridized carbons (Fsp3) is 0.0909. The van der Waals surface area contributed by atoms with Crippen LogP contribution in [0, 0.1) is 22.9 Å². The Kier molecular flexibility index (Phi) is 3.57. The number of rotatable bonds is 3. The van der Waals surface area contributed by atoms with E-state index in [0.29, 0.717) is 5.69 Å². The Morgan fingerprint density at radius 3 is 2.79 bits per heavy atom. The second-order valence-corrected chi connectivity index (χ2v) is 4.01. The number of hydrogen-bond donors (Lipinski definition) is 1. The standard InChI is InChI=1S/C11H8ClFN4O2/c1-6-9(17(18)19)10(16-11(12)14-6)15-8-4-2-3-7(13)5-8/h2-5H,1H3,(H,14,15,16). The molecule has 2 rings (SSSR count). The predicted molar refractivity (Wildman–Crippen MR) is 68.1 cm³/mol. The van der Waals surface area contributed by atoms with Crippen molar-refractivity contribution in [2.24, 2.45) is 0 Å². The van der Waals surface area contributed by atoms with Gasteiger partial charge in [0.2, 0.25) is 11.1 Å². The van der Waals surface area contributed by atoms with Gasteiger partial charge in [0.25, 0.3) is 0 Å². The molecule has 98 valence electrons. The summed E-state index contributed by atoms with van der Waals surface area (Å²) in [5, 5.41) is 13.5. The fourth-order valence-corrected chi connectivity index (χ4v) is 1.75. The molecule has 0 fully saturated rings. The molecule has 1 aromatic carbocycles. The minimum absolute atomic E-state index is 0.0758. The quantitative estimate of drug-likeness (QED) is 0.531. The number of aryl methyl sites for hydroxylation is 1. The van der Waals surface area contributed by atoms with Gasteiger partial charge >= 0.3 is 5.69 Å². The van der Waals surface area contributed by atoms with E-state index in [-0.39, 0.29) is 22.5 Å². The van der Waals surface area contributed by atoms with Crippen LogP contribution in [-0.4, -0.2) is 14.9 Å². The molecule has 2 aromatic rings. The first-order valence-corrected chi connectivity index (χ1v) is 5.56. The Morgan fingerprint density at radius 1 is 1.42 bits per heavy atom. The van der Waals surface area contributed by atoms with E-state index in [4.69, 9.17) is 11.6 Å². The molecule has 8 heteroatoms. The highest BCUT2D eigenvalue weighted by molar-refractivity contribution is 6.28. The first-order valence-electron chi connectivity index (χ1n) is 5.18. The summed E-state index contributed by atoms with van der Waals surface area (Å²) >= 11 is 5.67. The molecule has 0 saturated carbocycles. The van der Waals surface area contributed by atoms with E-state index in [1.165, 1.54) is 25.1 Å². The molecule has 0 aliphatic heterocycles. The van der Waals surface area contributed by atoms with E-state index in [0.717, 1.165) is 0 Å². The molecule has 0 saturated heterocycles. The largest absolute Gasteiger partial charge is 0.334 e. The molecular formula is C11H8ClFN4O2. The third kappa shape index (κ3) is 2.94. The van der Waals surface area contributed by atoms with Crippen LogP contribution in [0.4, 0.5) is 21.6 Å². The minimum atomic E-state index is -0.618. The van der Waals surface area contributed by atoms with Gasteiger partial charge in [-0.05, 0) is 36.7 Å². The normalized spacial score (nSPS) is 10.3. The summed E-state index contributed by atoms with van der Waals surface area (Å²) in [6.45, 7) is 1.45. The van der Waals surface area contributed by atoms with Gasteiger partial charge in [-0.1, -0.05) is 6.07 Å². The molecule has 0 aliphatic rings. The Balaban J connectivity index is 2.47. The van der Waals surface area contributed by atoms with E-state index in [2.05, 4.69) is 15.3 Å². The second kappa shape index (κ2) is 5.15. The van der Waals surface area contributed by atoms with Crippen LogP contribution in [0.1, 0.15) is 5.69 Å². The highest BCUT2D eigenvalue weighted by atomic mass is 35.5. The van der Waals surface area contributed by atoms with Gasteiger partial charge in [0.1, 0.15) is 11.5 Å². The first kappa shape index (κ1) is 13.2. The summed E-state index contributed by atoms with van der Waals surface area (Å²) < 4.78 is 13.1. The summed E-state index contributed by atoms with van der Waals surface area (Å²) in [5.74, 6) is -0.544. The molecule has 0 amide bonds. The Morgan fingerprint density at radius 2 is 2.16 bits per heavy atom. The van der Waals surface area contributed by atoms with Crippen LogP contribution in [0.25, 0.3) is 0 Å². The maximum Gasteiger partial charge on any atom is 0.332 e. The number of hydrogen-bond acceptors (Lipinski definition) is 5. The van der Waals surface area contributed by atoms with Crippen molar-refractivity contribution in [3.05, 3.63) is 51.2 Å². The zero-order chi connectivity index (χ0) is 14.0. The van der Waals surface area contributed by atoms with Crippen molar-refractivity contribution in [1.29, 1.82) is 0 Å². The number of halogens is 2. The Bertz CT molecular complexity index is 651. The van der Waals surface area contributed by atoms with Crippen molar-refractivity contribution in [2.45, 2.75) is 6.92 Å². The number of nitro groups is 1. The van der Waals surface area contributed by atoms with E-state index < -0.39 is 10.7 Å². The van der Waals surface area contributed by atoms with Gasteiger partial charge < -0.3 is 5.32 Å². The summed E-state index contributed by atoms with van der Waals surface area (Å²) in [5.41, 5.74) is 0.162. The van der Waals surface area contributed by atoms with Crippen LogP contribution < -0.4 is 5.32 Å². The van der Waals surface area contributed by atoms with E-state index in [1.807, 2.05) is 0 Å². The second-order valence-electron chi connectivity index (χ2n) is 3.67. The molecule has 1 N–H and O–H groups in total.